The van der Waals surface area contributed by atoms with E-state index in [9.17, 15) is 0 Å². The second-order valence-corrected chi connectivity index (χ2v) is 6.49. The number of aromatic nitrogens is 4. The van der Waals surface area contributed by atoms with Crippen LogP contribution in [-0.4, -0.2) is 39.4 Å². The molecule has 0 aliphatic carbocycles. The quantitative estimate of drug-likeness (QED) is 0.740. The summed E-state index contributed by atoms with van der Waals surface area (Å²) in [5, 5.41) is 14.8. The van der Waals surface area contributed by atoms with Gasteiger partial charge in [-0.15, -0.1) is 5.10 Å². The molecular weight excluding hydrogens is 316 g/mol. The molecule has 128 valence electrons. The van der Waals surface area contributed by atoms with E-state index in [1.54, 1.807) is 6.20 Å². The molecule has 0 bridgehead atoms. The van der Waals surface area contributed by atoms with E-state index in [4.69, 9.17) is 4.74 Å². The van der Waals surface area contributed by atoms with Gasteiger partial charge in [0.05, 0.1) is 48.4 Å². The van der Waals surface area contributed by atoms with Crippen LogP contribution >= 0.6 is 0 Å². The van der Waals surface area contributed by atoms with E-state index < -0.39 is 0 Å². The zero-order valence-electron chi connectivity index (χ0n) is 14.2. The predicted octanol–water partition coefficient (Wildman–Crippen LogP) is 3.10. The van der Waals surface area contributed by atoms with Gasteiger partial charge in [0.1, 0.15) is 5.82 Å². The molecule has 0 saturated carbocycles. The van der Waals surface area contributed by atoms with E-state index in [-0.39, 0.29) is 0 Å². The van der Waals surface area contributed by atoms with Gasteiger partial charge in [-0.25, -0.2) is 4.98 Å². The lowest BCUT2D eigenvalue weighted by Gasteiger charge is -2.27. The maximum Gasteiger partial charge on any atom is 0.154 e. The van der Waals surface area contributed by atoms with Crippen molar-refractivity contribution in [1.29, 1.82) is 0 Å². The highest BCUT2D eigenvalue weighted by molar-refractivity contribution is 5.79. The average Bonchev–Trinajstić information content (AvgIpc) is 2.58. The maximum atomic E-state index is 5.19. The van der Waals surface area contributed by atoms with Crippen LogP contribution in [-0.2, 0) is 4.74 Å². The third-order valence-corrected chi connectivity index (χ3v) is 4.14. The minimum absolute atomic E-state index is 0.356. The van der Waals surface area contributed by atoms with Gasteiger partial charge in [-0.05, 0) is 35.7 Å². The van der Waals surface area contributed by atoms with Crippen molar-refractivity contribution in [2.45, 2.75) is 25.8 Å². The summed E-state index contributed by atoms with van der Waals surface area (Å²) in [5.74, 6) is 1.80. The highest BCUT2D eigenvalue weighted by Crippen LogP contribution is 2.21. The van der Waals surface area contributed by atoms with Crippen LogP contribution in [0, 0.1) is 0 Å². The number of nitrogens with one attached hydrogen (secondary N) is 2. The fourth-order valence-corrected chi connectivity index (χ4v) is 2.60. The molecule has 7 nitrogen and oxygen atoms in total. The number of nitrogens with zero attached hydrogens (tertiary/aromatic N) is 4. The second kappa shape index (κ2) is 6.60. The van der Waals surface area contributed by atoms with Crippen molar-refractivity contribution in [2.24, 2.45) is 0 Å². The number of rotatable bonds is 5. The highest BCUT2D eigenvalue weighted by atomic mass is 16.5. The van der Waals surface area contributed by atoms with Crippen LogP contribution < -0.4 is 10.6 Å². The molecule has 1 aliphatic rings. The minimum atomic E-state index is 0.356. The molecule has 4 heterocycles. The number of hydrogen-bond acceptors (Lipinski definition) is 7. The lowest BCUT2D eigenvalue weighted by molar-refractivity contribution is 0.0211. The molecule has 0 spiro atoms. The van der Waals surface area contributed by atoms with Crippen molar-refractivity contribution >= 4 is 28.4 Å². The summed E-state index contributed by atoms with van der Waals surface area (Å²) >= 11 is 0. The Balaban J connectivity index is 1.57. The Labute approximate surface area is 145 Å². The van der Waals surface area contributed by atoms with Gasteiger partial charge in [0.25, 0.3) is 0 Å². The summed E-state index contributed by atoms with van der Waals surface area (Å²) in [7, 11) is 0. The molecule has 0 amide bonds. The molecule has 2 N–H and O–H groups in total. The highest BCUT2D eigenvalue weighted by Gasteiger charge is 2.18. The van der Waals surface area contributed by atoms with Gasteiger partial charge >= 0.3 is 0 Å². The van der Waals surface area contributed by atoms with Gasteiger partial charge < -0.3 is 15.4 Å². The van der Waals surface area contributed by atoms with Crippen molar-refractivity contribution in [3.8, 4) is 0 Å². The molecule has 3 aromatic rings. The van der Waals surface area contributed by atoms with Gasteiger partial charge in [-0.3, -0.25) is 4.98 Å². The first-order valence-electron chi connectivity index (χ1n) is 8.38. The molecule has 0 aromatic carbocycles. The molecule has 4 rings (SSSR count). The maximum absolute atomic E-state index is 5.19. The van der Waals surface area contributed by atoms with Crippen LogP contribution in [0.3, 0.4) is 0 Å². The molecular formula is C18H20N6O. The molecule has 3 aromatic heterocycles. The summed E-state index contributed by atoms with van der Waals surface area (Å²) in [6.07, 6.45) is 3.61. The van der Waals surface area contributed by atoms with Gasteiger partial charge in [-0.1, -0.05) is 13.8 Å². The Morgan fingerprint density at radius 2 is 1.96 bits per heavy atom. The molecule has 1 saturated heterocycles. The fraction of sp³-hybridized carbons (Fsp3) is 0.333. The Kier molecular flexibility index (Phi) is 4.15. The van der Waals surface area contributed by atoms with Gasteiger partial charge in [0, 0.05) is 0 Å². The predicted molar refractivity (Wildman–Crippen MR) is 97.2 cm³/mol. The zero-order chi connectivity index (χ0) is 17.2. The van der Waals surface area contributed by atoms with Crippen LogP contribution in [0.4, 0.5) is 17.3 Å². The summed E-state index contributed by atoms with van der Waals surface area (Å²) in [6, 6.07) is 8.19. The lowest BCUT2D eigenvalue weighted by Crippen LogP contribution is -2.40. The molecule has 0 atom stereocenters. The van der Waals surface area contributed by atoms with Gasteiger partial charge in [0.15, 0.2) is 5.82 Å². The van der Waals surface area contributed by atoms with Crippen LogP contribution in [0.25, 0.3) is 11.0 Å². The Morgan fingerprint density at radius 3 is 2.72 bits per heavy atom. The van der Waals surface area contributed by atoms with Crippen molar-refractivity contribution < 1.29 is 4.74 Å². The SMILES string of the molecule is CC(C)c1cnnc(Nc2ccc3ncc(NC4COC4)cc3n2)c1. The third-order valence-electron chi connectivity index (χ3n) is 4.14. The van der Waals surface area contributed by atoms with Crippen molar-refractivity contribution in [2.75, 3.05) is 23.8 Å². The zero-order valence-corrected chi connectivity index (χ0v) is 14.2. The Morgan fingerprint density at radius 1 is 1.08 bits per heavy atom. The van der Waals surface area contributed by atoms with E-state index in [0.29, 0.717) is 23.6 Å². The van der Waals surface area contributed by atoms with E-state index in [2.05, 4.69) is 44.6 Å². The van der Waals surface area contributed by atoms with Gasteiger partial charge in [0.2, 0.25) is 0 Å². The van der Waals surface area contributed by atoms with Crippen LogP contribution in [0.1, 0.15) is 25.3 Å². The van der Waals surface area contributed by atoms with Crippen LogP contribution in [0.15, 0.2) is 36.7 Å². The van der Waals surface area contributed by atoms with E-state index in [1.165, 1.54) is 0 Å². The fourth-order valence-electron chi connectivity index (χ4n) is 2.60. The molecule has 25 heavy (non-hydrogen) atoms. The van der Waals surface area contributed by atoms with E-state index in [1.807, 2.05) is 30.5 Å². The van der Waals surface area contributed by atoms with Crippen molar-refractivity contribution in [3.05, 3.63) is 42.2 Å². The summed E-state index contributed by atoms with van der Waals surface area (Å²) < 4.78 is 5.19. The largest absolute Gasteiger partial charge is 0.377 e. The second-order valence-electron chi connectivity index (χ2n) is 6.49. The molecule has 1 aliphatic heterocycles. The smallest absolute Gasteiger partial charge is 0.154 e. The summed E-state index contributed by atoms with van der Waals surface area (Å²) in [6.45, 7) is 5.72. The molecule has 0 unspecified atom stereocenters. The monoisotopic (exact) mass is 336 g/mol. The average molecular weight is 336 g/mol. The number of fused-ring (bicyclic) bond motifs is 1. The van der Waals surface area contributed by atoms with E-state index >= 15 is 0 Å². The molecule has 7 heteroatoms. The first kappa shape index (κ1) is 15.7. The minimum Gasteiger partial charge on any atom is -0.377 e. The van der Waals surface area contributed by atoms with E-state index in [0.717, 1.165) is 35.5 Å². The van der Waals surface area contributed by atoms with Crippen molar-refractivity contribution in [1.82, 2.24) is 20.2 Å². The Bertz CT molecular complexity index is 894. The van der Waals surface area contributed by atoms with Crippen LogP contribution in [0.2, 0.25) is 0 Å². The van der Waals surface area contributed by atoms with Crippen molar-refractivity contribution in [3.63, 3.8) is 0 Å². The molecule has 1 fully saturated rings. The Hall–Kier alpha value is -2.80. The summed E-state index contributed by atoms with van der Waals surface area (Å²) in [4.78, 5) is 9.10. The topological polar surface area (TPSA) is 84.9 Å². The number of anilines is 3. The molecule has 0 radical (unpaired) electrons. The first-order chi connectivity index (χ1) is 12.2. The third kappa shape index (κ3) is 3.51. The first-order valence-corrected chi connectivity index (χ1v) is 8.38. The van der Waals surface area contributed by atoms with Gasteiger partial charge in [-0.2, -0.15) is 5.10 Å². The normalized spacial score (nSPS) is 14.5. The number of ether oxygens (including phenoxy) is 1. The standard InChI is InChI=1S/C18H20N6O/c1-11(2)12-5-18(24-20-7-12)23-17-4-3-15-16(22-17)6-13(8-19-15)21-14-9-25-10-14/h3-8,11,14,21H,9-10H2,1-2H3,(H,22,23,24). The number of pyridine rings is 2. The number of hydrogen-bond donors (Lipinski definition) is 2. The summed E-state index contributed by atoms with van der Waals surface area (Å²) in [5.41, 5.74) is 3.76. The lowest BCUT2D eigenvalue weighted by atomic mass is 10.1. The van der Waals surface area contributed by atoms with Crippen LogP contribution in [0.5, 0.6) is 0 Å².